The maximum Gasteiger partial charge on any atom is 0.259 e. The van der Waals surface area contributed by atoms with Gasteiger partial charge in [0.1, 0.15) is 0 Å². The molecule has 2 atom stereocenters. The van der Waals surface area contributed by atoms with Gasteiger partial charge in [-0.15, -0.1) is 11.3 Å². The standard InChI is InChI=1S/C15H16N2OS/c18-15-12(14-2-1-5-19-14)3-4-13-11-6-10(7-16-8-11)9-17(13)15/h1-5,10-11,16H,6-9H2. The first-order valence-electron chi connectivity index (χ1n) is 6.81. The zero-order chi connectivity index (χ0) is 12.8. The number of fused-ring (bicyclic) bond motifs is 4. The van der Waals surface area contributed by atoms with E-state index >= 15 is 0 Å². The Hall–Kier alpha value is -1.39. The first-order valence-corrected chi connectivity index (χ1v) is 7.69. The normalized spacial score (nSPS) is 25.1. The van der Waals surface area contributed by atoms with Crippen molar-refractivity contribution in [2.45, 2.75) is 18.9 Å². The molecule has 2 aliphatic heterocycles. The van der Waals surface area contributed by atoms with Crippen LogP contribution in [0.25, 0.3) is 10.4 Å². The van der Waals surface area contributed by atoms with E-state index in [0.29, 0.717) is 11.8 Å². The van der Waals surface area contributed by atoms with Crippen LogP contribution in [0.3, 0.4) is 0 Å². The van der Waals surface area contributed by atoms with E-state index in [1.165, 1.54) is 12.1 Å². The van der Waals surface area contributed by atoms with Crippen molar-refractivity contribution in [2.24, 2.45) is 5.92 Å². The fourth-order valence-corrected chi connectivity index (χ4v) is 4.15. The molecule has 2 bridgehead atoms. The summed E-state index contributed by atoms with van der Waals surface area (Å²) in [6.45, 7) is 2.93. The molecule has 0 radical (unpaired) electrons. The van der Waals surface area contributed by atoms with Crippen molar-refractivity contribution in [3.8, 4) is 10.4 Å². The number of rotatable bonds is 1. The molecule has 2 aromatic rings. The van der Waals surface area contributed by atoms with E-state index in [4.69, 9.17) is 0 Å². The summed E-state index contributed by atoms with van der Waals surface area (Å²) in [5, 5.41) is 5.50. The van der Waals surface area contributed by atoms with Gasteiger partial charge in [0, 0.05) is 29.6 Å². The molecular formula is C15H16N2OS. The molecule has 0 aromatic carbocycles. The topological polar surface area (TPSA) is 34.0 Å². The summed E-state index contributed by atoms with van der Waals surface area (Å²) < 4.78 is 2.02. The van der Waals surface area contributed by atoms with Crippen molar-refractivity contribution in [3.05, 3.63) is 45.7 Å². The number of nitrogens with zero attached hydrogens (tertiary/aromatic N) is 1. The fourth-order valence-electron chi connectivity index (χ4n) is 3.41. The number of nitrogens with one attached hydrogen (secondary N) is 1. The van der Waals surface area contributed by atoms with Crippen LogP contribution in [0.4, 0.5) is 0 Å². The fraction of sp³-hybridized carbons (Fsp3) is 0.400. The zero-order valence-electron chi connectivity index (χ0n) is 10.6. The smallest absolute Gasteiger partial charge is 0.259 e. The Balaban J connectivity index is 1.88. The molecule has 19 heavy (non-hydrogen) atoms. The van der Waals surface area contributed by atoms with Gasteiger partial charge in [0.2, 0.25) is 0 Å². The van der Waals surface area contributed by atoms with Crippen LogP contribution in [0.1, 0.15) is 18.0 Å². The quantitative estimate of drug-likeness (QED) is 0.864. The van der Waals surface area contributed by atoms with E-state index in [-0.39, 0.29) is 5.56 Å². The van der Waals surface area contributed by atoms with E-state index in [1.54, 1.807) is 11.3 Å². The minimum absolute atomic E-state index is 0.191. The van der Waals surface area contributed by atoms with Gasteiger partial charge in [-0.05, 0) is 42.5 Å². The Kier molecular flexibility index (Phi) is 2.60. The van der Waals surface area contributed by atoms with Crippen LogP contribution in [0.5, 0.6) is 0 Å². The highest BCUT2D eigenvalue weighted by Crippen LogP contribution is 2.33. The van der Waals surface area contributed by atoms with Gasteiger partial charge in [-0.2, -0.15) is 0 Å². The number of hydrogen-bond acceptors (Lipinski definition) is 3. The third-order valence-corrected chi connectivity index (χ3v) is 5.20. The van der Waals surface area contributed by atoms with Gasteiger partial charge in [0.25, 0.3) is 5.56 Å². The molecule has 0 saturated carbocycles. The van der Waals surface area contributed by atoms with Gasteiger partial charge in [-0.3, -0.25) is 4.79 Å². The van der Waals surface area contributed by atoms with Crippen LogP contribution in [0, 0.1) is 5.92 Å². The van der Waals surface area contributed by atoms with Crippen LogP contribution in [0.15, 0.2) is 34.4 Å². The minimum Gasteiger partial charge on any atom is -0.316 e. The van der Waals surface area contributed by atoms with Crippen molar-refractivity contribution < 1.29 is 0 Å². The van der Waals surface area contributed by atoms with Gasteiger partial charge in [-0.1, -0.05) is 6.07 Å². The van der Waals surface area contributed by atoms with Crippen LogP contribution in [-0.4, -0.2) is 17.7 Å². The molecule has 4 rings (SSSR count). The van der Waals surface area contributed by atoms with Crippen molar-refractivity contribution in [1.29, 1.82) is 0 Å². The number of hydrogen-bond donors (Lipinski definition) is 1. The third kappa shape index (κ3) is 1.78. The summed E-state index contributed by atoms with van der Waals surface area (Å²) in [7, 11) is 0. The van der Waals surface area contributed by atoms with Gasteiger partial charge in [0.15, 0.2) is 0 Å². The van der Waals surface area contributed by atoms with Crippen molar-refractivity contribution in [1.82, 2.24) is 9.88 Å². The molecule has 1 N–H and O–H groups in total. The lowest BCUT2D eigenvalue weighted by Gasteiger charge is -2.37. The van der Waals surface area contributed by atoms with E-state index in [0.717, 1.165) is 30.1 Å². The molecule has 2 aliphatic rings. The summed E-state index contributed by atoms with van der Waals surface area (Å²) >= 11 is 1.64. The highest BCUT2D eigenvalue weighted by atomic mass is 32.1. The summed E-state index contributed by atoms with van der Waals surface area (Å²) in [6.07, 6.45) is 1.23. The predicted molar refractivity (Wildman–Crippen MR) is 77.7 cm³/mol. The second kappa shape index (κ2) is 4.32. The molecule has 98 valence electrons. The molecule has 2 unspecified atom stereocenters. The summed E-state index contributed by atoms with van der Waals surface area (Å²) in [4.78, 5) is 13.8. The van der Waals surface area contributed by atoms with Gasteiger partial charge in [0.05, 0.1) is 5.56 Å². The average Bonchev–Trinajstić information content (AvgIpc) is 2.94. The Morgan fingerprint density at radius 2 is 2.21 bits per heavy atom. The zero-order valence-corrected chi connectivity index (χ0v) is 11.5. The highest BCUT2D eigenvalue weighted by Gasteiger charge is 2.31. The van der Waals surface area contributed by atoms with E-state index in [2.05, 4.69) is 11.4 Å². The number of thiophene rings is 1. The number of piperidine rings is 1. The lowest BCUT2D eigenvalue weighted by Crippen LogP contribution is -2.45. The average molecular weight is 272 g/mol. The monoisotopic (exact) mass is 272 g/mol. The lowest BCUT2D eigenvalue weighted by atomic mass is 9.84. The van der Waals surface area contributed by atoms with E-state index < -0.39 is 0 Å². The molecule has 4 heterocycles. The second-order valence-electron chi connectivity index (χ2n) is 5.52. The van der Waals surface area contributed by atoms with Crippen LogP contribution in [-0.2, 0) is 6.54 Å². The van der Waals surface area contributed by atoms with E-state index in [1.807, 2.05) is 28.1 Å². The van der Waals surface area contributed by atoms with Crippen LogP contribution >= 0.6 is 11.3 Å². The van der Waals surface area contributed by atoms with Crippen molar-refractivity contribution in [2.75, 3.05) is 13.1 Å². The summed E-state index contributed by atoms with van der Waals surface area (Å²) in [6, 6.07) is 8.20. The minimum atomic E-state index is 0.191. The molecule has 0 amide bonds. The predicted octanol–water partition coefficient (Wildman–Crippen LogP) is 2.28. The number of pyridine rings is 1. The molecule has 1 fully saturated rings. The van der Waals surface area contributed by atoms with Gasteiger partial charge in [-0.25, -0.2) is 0 Å². The lowest BCUT2D eigenvalue weighted by molar-refractivity contribution is 0.257. The first kappa shape index (κ1) is 11.4. The van der Waals surface area contributed by atoms with Gasteiger partial charge < -0.3 is 9.88 Å². The SMILES string of the molecule is O=c1c(-c2cccs2)ccc2n1CC1CNCC2C1. The maximum absolute atomic E-state index is 12.7. The van der Waals surface area contributed by atoms with Gasteiger partial charge >= 0.3 is 0 Å². The molecule has 4 heteroatoms. The first-order chi connectivity index (χ1) is 9.33. The summed E-state index contributed by atoms with van der Waals surface area (Å²) in [5.41, 5.74) is 2.26. The summed E-state index contributed by atoms with van der Waals surface area (Å²) in [5.74, 6) is 1.13. The van der Waals surface area contributed by atoms with Crippen LogP contribution < -0.4 is 10.9 Å². The Morgan fingerprint density at radius 3 is 3.05 bits per heavy atom. The molecule has 0 spiro atoms. The highest BCUT2D eigenvalue weighted by molar-refractivity contribution is 7.13. The second-order valence-corrected chi connectivity index (χ2v) is 6.47. The molecule has 3 nitrogen and oxygen atoms in total. The largest absolute Gasteiger partial charge is 0.316 e. The van der Waals surface area contributed by atoms with Crippen molar-refractivity contribution in [3.63, 3.8) is 0 Å². The van der Waals surface area contributed by atoms with Crippen LogP contribution in [0.2, 0.25) is 0 Å². The molecule has 1 saturated heterocycles. The number of aromatic nitrogens is 1. The third-order valence-electron chi connectivity index (χ3n) is 4.30. The molecule has 2 aromatic heterocycles. The Labute approximate surface area is 115 Å². The molecular weight excluding hydrogens is 256 g/mol. The van der Waals surface area contributed by atoms with Crippen molar-refractivity contribution >= 4 is 11.3 Å². The Morgan fingerprint density at radius 1 is 1.26 bits per heavy atom. The maximum atomic E-state index is 12.7. The molecule has 0 aliphatic carbocycles. The van der Waals surface area contributed by atoms with E-state index in [9.17, 15) is 4.79 Å². The Bertz CT molecular complexity index is 659.